The first-order valence-corrected chi connectivity index (χ1v) is 7.28. The minimum absolute atomic E-state index is 0.136. The van der Waals surface area contributed by atoms with E-state index in [1.54, 1.807) is 25.6 Å². The lowest BCUT2D eigenvalue weighted by Crippen LogP contribution is -2.08. The van der Waals surface area contributed by atoms with Crippen molar-refractivity contribution in [1.29, 1.82) is 0 Å². The van der Waals surface area contributed by atoms with Gasteiger partial charge in [0.25, 0.3) is 0 Å². The lowest BCUT2D eigenvalue weighted by molar-refractivity contribution is 0.394. The van der Waals surface area contributed by atoms with Gasteiger partial charge in [-0.3, -0.25) is 0 Å². The van der Waals surface area contributed by atoms with Crippen LogP contribution < -0.4 is 14.8 Å². The van der Waals surface area contributed by atoms with Crippen molar-refractivity contribution < 1.29 is 9.47 Å². The van der Waals surface area contributed by atoms with Crippen molar-refractivity contribution in [1.82, 2.24) is 4.98 Å². The van der Waals surface area contributed by atoms with Crippen LogP contribution in [0.3, 0.4) is 0 Å². The summed E-state index contributed by atoms with van der Waals surface area (Å²) in [4.78, 5) is 5.83. The van der Waals surface area contributed by atoms with Gasteiger partial charge < -0.3 is 14.8 Å². The number of benzene rings is 1. The molecule has 20 heavy (non-hydrogen) atoms. The second kappa shape index (κ2) is 6.13. The molecule has 108 valence electrons. The number of aryl methyl sites for hydroxylation is 2. The number of nitrogens with one attached hydrogen (secondary N) is 1. The van der Waals surface area contributed by atoms with Crippen LogP contribution in [-0.2, 0) is 0 Å². The van der Waals surface area contributed by atoms with Crippen LogP contribution in [0.2, 0.25) is 0 Å². The van der Waals surface area contributed by atoms with Gasteiger partial charge in [-0.1, -0.05) is 0 Å². The third-order valence-electron chi connectivity index (χ3n) is 3.08. The van der Waals surface area contributed by atoms with Gasteiger partial charge in [0, 0.05) is 28.8 Å². The van der Waals surface area contributed by atoms with Crippen LogP contribution in [0, 0.1) is 13.8 Å². The van der Waals surface area contributed by atoms with E-state index >= 15 is 0 Å². The van der Waals surface area contributed by atoms with E-state index in [4.69, 9.17) is 9.47 Å². The maximum Gasteiger partial charge on any atom is 0.124 e. The molecule has 4 nitrogen and oxygen atoms in total. The maximum absolute atomic E-state index is 5.28. The predicted molar refractivity (Wildman–Crippen MR) is 83.2 cm³/mol. The summed E-state index contributed by atoms with van der Waals surface area (Å²) in [7, 11) is 3.30. The zero-order valence-electron chi connectivity index (χ0n) is 12.5. The minimum Gasteiger partial charge on any atom is -0.497 e. The Bertz CT molecular complexity index is 573. The summed E-state index contributed by atoms with van der Waals surface area (Å²) in [6, 6.07) is 5.90. The van der Waals surface area contributed by atoms with Crippen LogP contribution in [0.4, 0.5) is 5.69 Å². The molecule has 0 amide bonds. The van der Waals surface area contributed by atoms with E-state index in [0.29, 0.717) is 0 Å². The second-order valence-electron chi connectivity index (χ2n) is 4.64. The number of methoxy groups -OCH3 is 2. The van der Waals surface area contributed by atoms with Gasteiger partial charge in [-0.15, -0.1) is 11.3 Å². The molecule has 1 heterocycles. The summed E-state index contributed by atoms with van der Waals surface area (Å²) in [5, 5.41) is 4.54. The number of hydrogen-bond donors (Lipinski definition) is 1. The monoisotopic (exact) mass is 292 g/mol. The fraction of sp³-hybridized carbons (Fsp3) is 0.400. The topological polar surface area (TPSA) is 43.4 Å². The Balaban J connectivity index is 2.22. The molecule has 1 aromatic carbocycles. The molecule has 1 N–H and O–H groups in total. The number of ether oxygens (including phenoxy) is 2. The predicted octanol–water partition coefficient (Wildman–Crippen LogP) is 3.95. The number of hydrogen-bond acceptors (Lipinski definition) is 5. The number of nitrogens with zero attached hydrogens (tertiary/aromatic N) is 1. The highest BCUT2D eigenvalue weighted by Crippen LogP contribution is 2.30. The zero-order chi connectivity index (χ0) is 14.7. The fourth-order valence-electron chi connectivity index (χ4n) is 2.16. The molecule has 1 atom stereocenters. The van der Waals surface area contributed by atoms with Crippen molar-refractivity contribution in [3.05, 3.63) is 33.8 Å². The largest absolute Gasteiger partial charge is 0.497 e. The van der Waals surface area contributed by atoms with Gasteiger partial charge in [-0.2, -0.15) is 0 Å². The molecule has 1 unspecified atom stereocenters. The minimum atomic E-state index is 0.136. The molecule has 0 spiro atoms. The highest BCUT2D eigenvalue weighted by molar-refractivity contribution is 7.11. The van der Waals surface area contributed by atoms with Gasteiger partial charge in [0.05, 0.1) is 31.0 Å². The molecule has 0 saturated carbocycles. The number of aromatic nitrogens is 1. The van der Waals surface area contributed by atoms with E-state index in [0.717, 1.165) is 27.9 Å². The Hall–Kier alpha value is -1.75. The normalized spacial score (nSPS) is 12.1. The first-order chi connectivity index (χ1) is 9.53. The van der Waals surface area contributed by atoms with Crippen LogP contribution in [0.1, 0.15) is 28.5 Å². The molecular weight excluding hydrogens is 272 g/mol. The summed E-state index contributed by atoms with van der Waals surface area (Å²) < 4.78 is 10.6. The first kappa shape index (κ1) is 14.7. The third kappa shape index (κ3) is 3.22. The lowest BCUT2D eigenvalue weighted by atomic mass is 10.2. The maximum atomic E-state index is 5.28. The van der Waals surface area contributed by atoms with Gasteiger partial charge >= 0.3 is 0 Å². The molecule has 0 fully saturated rings. The van der Waals surface area contributed by atoms with E-state index < -0.39 is 0 Å². The van der Waals surface area contributed by atoms with Gasteiger partial charge in [0.2, 0.25) is 0 Å². The molecule has 2 rings (SSSR count). The van der Waals surface area contributed by atoms with E-state index in [2.05, 4.69) is 24.1 Å². The molecule has 0 aliphatic heterocycles. The molecule has 0 saturated heterocycles. The first-order valence-electron chi connectivity index (χ1n) is 6.47. The smallest absolute Gasteiger partial charge is 0.124 e. The molecule has 1 aromatic heterocycles. The Kier molecular flexibility index (Phi) is 4.49. The van der Waals surface area contributed by atoms with Crippen LogP contribution in [0.25, 0.3) is 0 Å². The highest BCUT2D eigenvalue weighted by Gasteiger charge is 2.13. The summed E-state index contributed by atoms with van der Waals surface area (Å²) >= 11 is 1.72. The fourth-order valence-corrected chi connectivity index (χ4v) is 3.07. The molecule has 5 heteroatoms. The average molecular weight is 292 g/mol. The Labute approximate surface area is 123 Å². The van der Waals surface area contributed by atoms with Crippen molar-refractivity contribution in [3.63, 3.8) is 0 Å². The van der Waals surface area contributed by atoms with Crippen molar-refractivity contribution >= 4 is 17.0 Å². The Morgan fingerprint density at radius 2 is 1.70 bits per heavy atom. The SMILES string of the molecule is COc1cc(NC(C)c2nc(C)sc2C)cc(OC)c1. The van der Waals surface area contributed by atoms with Crippen molar-refractivity contribution in [3.8, 4) is 11.5 Å². The van der Waals surface area contributed by atoms with E-state index in [-0.39, 0.29) is 6.04 Å². The van der Waals surface area contributed by atoms with Crippen molar-refractivity contribution in [2.45, 2.75) is 26.8 Å². The van der Waals surface area contributed by atoms with Gasteiger partial charge in [-0.25, -0.2) is 4.98 Å². The Morgan fingerprint density at radius 3 is 2.15 bits per heavy atom. The van der Waals surface area contributed by atoms with Crippen LogP contribution in [-0.4, -0.2) is 19.2 Å². The number of rotatable bonds is 5. The summed E-state index contributed by atoms with van der Waals surface area (Å²) in [5.74, 6) is 1.54. The molecule has 0 aliphatic rings. The van der Waals surface area contributed by atoms with E-state index in [9.17, 15) is 0 Å². The third-order valence-corrected chi connectivity index (χ3v) is 3.99. The van der Waals surface area contributed by atoms with Gasteiger partial charge in [-0.05, 0) is 20.8 Å². The molecule has 0 bridgehead atoms. The lowest BCUT2D eigenvalue weighted by Gasteiger charge is -2.16. The van der Waals surface area contributed by atoms with Crippen molar-refractivity contribution in [2.24, 2.45) is 0 Å². The van der Waals surface area contributed by atoms with Crippen LogP contribution >= 0.6 is 11.3 Å². The van der Waals surface area contributed by atoms with Gasteiger partial charge in [0.15, 0.2) is 0 Å². The molecule has 2 aromatic rings. The second-order valence-corrected chi connectivity index (χ2v) is 6.05. The molecular formula is C15H20N2O2S. The van der Waals surface area contributed by atoms with Crippen molar-refractivity contribution in [2.75, 3.05) is 19.5 Å². The number of anilines is 1. The van der Waals surface area contributed by atoms with E-state index in [1.165, 1.54) is 4.88 Å². The summed E-state index contributed by atoms with van der Waals surface area (Å²) in [5.41, 5.74) is 2.05. The summed E-state index contributed by atoms with van der Waals surface area (Å²) in [6.45, 7) is 6.24. The zero-order valence-corrected chi connectivity index (χ0v) is 13.3. The standard InChI is InChI=1S/C15H20N2O2S/c1-9(15-10(2)20-11(3)17-15)16-12-6-13(18-4)8-14(7-12)19-5/h6-9,16H,1-5H3. The van der Waals surface area contributed by atoms with E-state index in [1.807, 2.05) is 25.1 Å². The highest BCUT2D eigenvalue weighted by atomic mass is 32.1. The average Bonchev–Trinajstić information content (AvgIpc) is 2.77. The molecule has 0 aliphatic carbocycles. The summed E-state index contributed by atoms with van der Waals surface area (Å²) in [6.07, 6.45) is 0. The number of thiazole rings is 1. The molecule has 0 radical (unpaired) electrons. The van der Waals surface area contributed by atoms with Gasteiger partial charge in [0.1, 0.15) is 11.5 Å². The van der Waals surface area contributed by atoms with Crippen LogP contribution in [0.5, 0.6) is 11.5 Å². The van der Waals surface area contributed by atoms with Crippen LogP contribution in [0.15, 0.2) is 18.2 Å². The quantitative estimate of drug-likeness (QED) is 0.906. The Morgan fingerprint density at radius 1 is 1.10 bits per heavy atom.